The summed E-state index contributed by atoms with van der Waals surface area (Å²) in [6, 6.07) is 0.451. The summed E-state index contributed by atoms with van der Waals surface area (Å²) in [6.45, 7) is 1.29. The molecule has 5 nitrogen and oxygen atoms in total. The van der Waals surface area contributed by atoms with E-state index in [0.717, 1.165) is 18.6 Å². The number of amides is 1. The van der Waals surface area contributed by atoms with Crippen LogP contribution in [0.1, 0.15) is 25.0 Å². The third kappa shape index (κ3) is 3.71. The number of carbonyl (C=O) groups is 1. The lowest BCUT2D eigenvalue weighted by Crippen LogP contribution is -2.28. The van der Waals surface area contributed by atoms with Gasteiger partial charge in [-0.1, -0.05) is 0 Å². The molecular formula is C10H15N3O2. The normalized spacial score (nSPS) is 15.2. The molecule has 0 spiro atoms. The molecule has 2 N–H and O–H groups in total. The van der Waals surface area contributed by atoms with E-state index in [1.54, 1.807) is 6.20 Å². The zero-order chi connectivity index (χ0) is 10.5. The first-order chi connectivity index (χ1) is 7.34. The molecule has 1 aliphatic rings. The molecule has 1 saturated carbocycles. The molecule has 2 rings (SSSR count). The molecule has 0 unspecified atom stereocenters. The van der Waals surface area contributed by atoms with Gasteiger partial charge in [-0.2, -0.15) is 0 Å². The van der Waals surface area contributed by atoms with E-state index in [9.17, 15) is 4.79 Å². The fraction of sp³-hybridized carbons (Fsp3) is 0.600. The van der Waals surface area contributed by atoms with Gasteiger partial charge in [0.25, 0.3) is 0 Å². The van der Waals surface area contributed by atoms with Gasteiger partial charge in [-0.15, -0.1) is 0 Å². The number of nitrogens with one attached hydrogen (secondary N) is 2. The summed E-state index contributed by atoms with van der Waals surface area (Å²) in [5, 5.41) is 6.05. The maximum atomic E-state index is 11.3. The standard InChI is InChI=1S/C10H15N3O2/c14-10(13-8-1-2-8)3-4-11-5-9-6-12-7-15-9/h6-8,11H,1-5H2,(H,13,14). The molecule has 0 saturated heterocycles. The van der Waals surface area contributed by atoms with Gasteiger partial charge in [0.05, 0.1) is 12.7 Å². The molecule has 1 aromatic heterocycles. The first kappa shape index (κ1) is 10.2. The van der Waals surface area contributed by atoms with Crippen LogP contribution < -0.4 is 10.6 Å². The minimum atomic E-state index is 0.127. The summed E-state index contributed by atoms with van der Waals surface area (Å²) in [6.07, 6.45) is 5.85. The number of carbonyl (C=O) groups excluding carboxylic acids is 1. The van der Waals surface area contributed by atoms with E-state index in [1.165, 1.54) is 6.39 Å². The van der Waals surface area contributed by atoms with E-state index >= 15 is 0 Å². The van der Waals surface area contributed by atoms with E-state index < -0.39 is 0 Å². The van der Waals surface area contributed by atoms with Crippen LogP contribution in [0.15, 0.2) is 17.0 Å². The molecule has 0 aromatic carbocycles. The largest absolute Gasteiger partial charge is 0.447 e. The molecule has 15 heavy (non-hydrogen) atoms. The van der Waals surface area contributed by atoms with Crippen molar-refractivity contribution in [1.29, 1.82) is 0 Å². The summed E-state index contributed by atoms with van der Waals surface area (Å²) >= 11 is 0. The fourth-order valence-corrected chi connectivity index (χ4v) is 1.27. The lowest BCUT2D eigenvalue weighted by atomic mass is 10.4. The SMILES string of the molecule is O=C(CCNCc1cnco1)NC1CC1. The Balaban J connectivity index is 1.52. The van der Waals surface area contributed by atoms with Crippen molar-refractivity contribution in [2.45, 2.75) is 31.8 Å². The highest BCUT2D eigenvalue weighted by Crippen LogP contribution is 2.18. The molecule has 0 atom stereocenters. The monoisotopic (exact) mass is 209 g/mol. The molecule has 1 aliphatic carbocycles. The van der Waals surface area contributed by atoms with E-state index in [0.29, 0.717) is 25.6 Å². The van der Waals surface area contributed by atoms with Crippen molar-refractivity contribution >= 4 is 5.91 Å². The van der Waals surface area contributed by atoms with Crippen molar-refractivity contribution < 1.29 is 9.21 Å². The van der Waals surface area contributed by atoms with Crippen molar-refractivity contribution in [2.24, 2.45) is 0 Å². The maximum absolute atomic E-state index is 11.3. The van der Waals surface area contributed by atoms with Crippen LogP contribution in [0.4, 0.5) is 0 Å². The van der Waals surface area contributed by atoms with Gasteiger partial charge in [-0.25, -0.2) is 4.98 Å². The van der Waals surface area contributed by atoms with Crippen molar-refractivity contribution in [3.05, 3.63) is 18.4 Å². The minimum Gasteiger partial charge on any atom is -0.447 e. The quantitative estimate of drug-likeness (QED) is 0.667. The van der Waals surface area contributed by atoms with E-state index in [4.69, 9.17) is 4.42 Å². The summed E-state index contributed by atoms with van der Waals surface area (Å²) in [5.74, 6) is 0.917. The zero-order valence-electron chi connectivity index (χ0n) is 8.53. The van der Waals surface area contributed by atoms with Gasteiger partial charge in [-0.3, -0.25) is 4.79 Å². The third-order valence-electron chi connectivity index (χ3n) is 2.25. The second-order valence-electron chi connectivity index (χ2n) is 3.74. The van der Waals surface area contributed by atoms with Crippen molar-refractivity contribution in [3.8, 4) is 0 Å². The van der Waals surface area contributed by atoms with Crippen LogP contribution in [0.5, 0.6) is 0 Å². The summed E-state index contributed by atoms with van der Waals surface area (Å²) in [4.78, 5) is 15.1. The average molecular weight is 209 g/mol. The lowest BCUT2D eigenvalue weighted by Gasteiger charge is -2.03. The van der Waals surface area contributed by atoms with Crippen molar-refractivity contribution in [1.82, 2.24) is 15.6 Å². The smallest absolute Gasteiger partial charge is 0.221 e. The van der Waals surface area contributed by atoms with Gasteiger partial charge in [0.1, 0.15) is 5.76 Å². The van der Waals surface area contributed by atoms with Gasteiger partial charge in [0.2, 0.25) is 5.91 Å². The average Bonchev–Trinajstić information content (AvgIpc) is 2.87. The number of hydrogen-bond acceptors (Lipinski definition) is 4. The predicted octanol–water partition coefficient (Wildman–Crippen LogP) is 0.433. The Kier molecular flexibility index (Phi) is 3.34. The molecule has 0 bridgehead atoms. The molecule has 82 valence electrons. The van der Waals surface area contributed by atoms with Gasteiger partial charge < -0.3 is 15.1 Å². The first-order valence-electron chi connectivity index (χ1n) is 5.22. The van der Waals surface area contributed by atoms with Crippen LogP contribution in [0.3, 0.4) is 0 Å². The Morgan fingerprint density at radius 2 is 2.47 bits per heavy atom. The van der Waals surface area contributed by atoms with E-state index in [2.05, 4.69) is 15.6 Å². The maximum Gasteiger partial charge on any atom is 0.221 e. The molecule has 1 fully saturated rings. The molecule has 5 heteroatoms. The van der Waals surface area contributed by atoms with Crippen LogP contribution in [-0.4, -0.2) is 23.5 Å². The zero-order valence-corrected chi connectivity index (χ0v) is 8.53. The highest BCUT2D eigenvalue weighted by Gasteiger charge is 2.22. The second-order valence-corrected chi connectivity index (χ2v) is 3.74. The van der Waals surface area contributed by atoms with Gasteiger partial charge in [0.15, 0.2) is 6.39 Å². The Bertz CT molecular complexity index is 306. The Morgan fingerprint density at radius 1 is 1.60 bits per heavy atom. The van der Waals surface area contributed by atoms with Crippen LogP contribution in [0, 0.1) is 0 Å². The van der Waals surface area contributed by atoms with Gasteiger partial charge in [-0.05, 0) is 12.8 Å². The topological polar surface area (TPSA) is 67.2 Å². The molecule has 1 amide bonds. The Labute approximate surface area is 88.3 Å². The van der Waals surface area contributed by atoms with Gasteiger partial charge >= 0.3 is 0 Å². The molecule has 0 radical (unpaired) electrons. The number of rotatable bonds is 6. The predicted molar refractivity (Wildman–Crippen MR) is 54.0 cm³/mol. The van der Waals surface area contributed by atoms with Crippen molar-refractivity contribution in [3.63, 3.8) is 0 Å². The summed E-state index contributed by atoms with van der Waals surface area (Å²) in [7, 11) is 0. The molecule has 1 aromatic rings. The summed E-state index contributed by atoms with van der Waals surface area (Å²) < 4.78 is 5.04. The number of nitrogens with zero attached hydrogens (tertiary/aromatic N) is 1. The highest BCUT2D eigenvalue weighted by atomic mass is 16.3. The Morgan fingerprint density at radius 3 is 3.13 bits per heavy atom. The van der Waals surface area contributed by atoms with Crippen LogP contribution in [-0.2, 0) is 11.3 Å². The summed E-state index contributed by atoms with van der Waals surface area (Å²) in [5.41, 5.74) is 0. The number of aromatic nitrogens is 1. The van der Waals surface area contributed by atoms with Crippen LogP contribution in [0.2, 0.25) is 0 Å². The molecule has 0 aliphatic heterocycles. The van der Waals surface area contributed by atoms with Crippen LogP contribution in [0.25, 0.3) is 0 Å². The van der Waals surface area contributed by atoms with Gasteiger partial charge in [0, 0.05) is 19.0 Å². The van der Waals surface area contributed by atoms with Crippen LogP contribution >= 0.6 is 0 Å². The lowest BCUT2D eigenvalue weighted by molar-refractivity contribution is -0.121. The molecular weight excluding hydrogens is 194 g/mol. The Hall–Kier alpha value is -1.36. The first-order valence-corrected chi connectivity index (χ1v) is 5.22. The van der Waals surface area contributed by atoms with E-state index in [-0.39, 0.29) is 5.91 Å². The van der Waals surface area contributed by atoms with E-state index in [1.807, 2.05) is 0 Å². The fourth-order valence-electron chi connectivity index (χ4n) is 1.27. The number of oxazole rings is 1. The molecule has 1 heterocycles. The number of hydrogen-bond donors (Lipinski definition) is 2. The third-order valence-corrected chi connectivity index (χ3v) is 2.25. The van der Waals surface area contributed by atoms with Crippen molar-refractivity contribution in [2.75, 3.05) is 6.54 Å². The minimum absolute atomic E-state index is 0.127. The second kappa shape index (κ2) is 4.93. The highest BCUT2D eigenvalue weighted by molar-refractivity contribution is 5.76.